The highest BCUT2D eigenvalue weighted by Gasteiger charge is 2.19. The predicted octanol–water partition coefficient (Wildman–Crippen LogP) is 0.851. The molecule has 0 fully saturated rings. The molecule has 0 aliphatic heterocycles. The maximum Gasteiger partial charge on any atom is 0.171 e. The zero-order valence-corrected chi connectivity index (χ0v) is 7.61. The molecule has 2 nitrogen and oxygen atoms in total. The molecule has 16 heavy (non-hydrogen) atoms. The quantitative estimate of drug-likeness (QED) is 0.486. The van der Waals surface area contributed by atoms with Crippen LogP contribution in [0.1, 0.15) is 0 Å². The van der Waals surface area contributed by atoms with Crippen molar-refractivity contribution in [3.8, 4) is 12.1 Å². The van der Waals surface area contributed by atoms with E-state index in [4.69, 9.17) is 10.5 Å². The van der Waals surface area contributed by atoms with Crippen LogP contribution in [0.15, 0.2) is 0 Å². The van der Waals surface area contributed by atoms with E-state index in [-0.39, 0.29) is 0 Å². The molecule has 0 heterocycles. The molecule has 1 aromatic rings. The molecule has 0 saturated carbocycles. The van der Waals surface area contributed by atoms with Crippen molar-refractivity contribution in [3.05, 3.63) is 33.7 Å². The highest BCUT2D eigenvalue weighted by atomic mass is 19.2. The molecule has 0 spiro atoms. The van der Waals surface area contributed by atoms with Crippen molar-refractivity contribution >= 4 is 12.2 Å². The third kappa shape index (κ3) is 1.51. The molecule has 1 rings (SSSR count). The Hall–Kier alpha value is -2.34. The summed E-state index contributed by atoms with van der Waals surface area (Å²) in [6, 6.07) is 2.29. The Morgan fingerprint density at radius 2 is 1.25 bits per heavy atom. The Balaban J connectivity index is 4.13. The third-order valence-electron chi connectivity index (χ3n) is 1.83. The van der Waals surface area contributed by atoms with Crippen LogP contribution in [0.3, 0.4) is 0 Å². The molecule has 0 amide bonds. The Bertz CT molecular complexity index is 598. The number of hydrogen-bond acceptors (Lipinski definition) is 2. The van der Waals surface area contributed by atoms with Crippen LogP contribution in [0.2, 0.25) is 0 Å². The van der Waals surface area contributed by atoms with Gasteiger partial charge in [-0.25, -0.2) is 17.6 Å². The SMILES string of the molecule is C=c1c(F)c(F)c(=C(C#N)C#N)c(F)c1F. The molecule has 0 unspecified atom stereocenters. The fourth-order valence-electron chi connectivity index (χ4n) is 1.03. The molecular weight excluding hydrogens is 224 g/mol. The molecule has 0 radical (unpaired) electrons. The second-order valence-corrected chi connectivity index (χ2v) is 2.71. The second kappa shape index (κ2) is 4.03. The molecule has 0 saturated heterocycles. The Morgan fingerprint density at radius 3 is 1.56 bits per heavy atom. The lowest BCUT2D eigenvalue weighted by molar-refractivity contribution is 0.435. The van der Waals surface area contributed by atoms with Crippen molar-refractivity contribution < 1.29 is 17.6 Å². The predicted molar refractivity (Wildman–Crippen MR) is 45.7 cm³/mol. The highest BCUT2D eigenvalue weighted by molar-refractivity contribution is 5.72. The normalized spacial score (nSPS) is 9.38. The first-order chi connectivity index (χ1) is 7.45. The summed E-state index contributed by atoms with van der Waals surface area (Å²) in [5.74, 6) is -7.06. The third-order valence-corrected chi connectivity index (χ3v) is 1.83. The number of benzene rings is 1. The van der Waals surface area contributed by atoms with Gasteiger partial charge in [0.25, 0.3) is 0 Å². The molecule has 1 aromatic carbocycles. The minimum Gasteiger partial charge on any atom is -0.203 e. The summed E-state index contributed by atoms with van der Waals surface area (Å²) in [5.41, 5.74) is -1.05. The summed E-state index contributed by atoms with van der Waals surface area (Å²) in [5, 5.41) is 14.4. The van der Waals surface area contributed by atoms with E-state index in [1.54, 1.807) is 0 Å². The zero-order chi connectivity index (χ0) is 12.5. The average Bonchev–Trinajstić information content (AvgIpc) is 2.29. The highest BCUT2D eigenvalue weighted by Crippen LogP contribution is 2.03. The molecular formula is C10H2F4N2. The van der Waals surface area contributed by atoms with Crippen molar-refractivity contribution in [2.45, 2.75) is 0 Å². The first-order valence-electron chi connectivity index (χ1n) is 3.81. The number of halogens is 4. The summed E-state index contributed by atoms with van der Waals surface area (Å²) >= 11 is 0. The van der Waals surface area contributed by atoms with Crippen molar-refractivity contribution in [2.24, 2.45) is 0 Å². The van der Waals surface area contributed by atoms with Gasteiger partial charge in [0.2, 0.25) is 0 Å². The van der Waals surface area contributed by atoms with Crippen LogP contribution in [-0.2, 0) is 0 Å². The van der Waals surface area contributed by atoms with Gasteiger partial charge >= 0.3 is 0 Å². The summed E-state index contributed by atoms with van der Waals surface area (Å²) < 4.78 is 52.3. The van der Waals surface area contributed by atoms with Crippen molar-refractivity contribution in [2.75, 3.05) is 0 Å². The number of nitrogens with zero attached hydrogens (tertiary/aromatic N) is 2. The smallest absolute Gasteiger partial charge is 0.171 e. The van der Waals surface area contributed by atoms with E-state index in [0.29, 0.717) is 0 Å². The molecule has 0 aromatic heterocycles. The largest absolute Gasteiger partial charge is 0.203 e. The van der Waals surface area contributed by atoms with Crippen LogP contribution in [0, 0.1) is 45.9 Å². The van der Waals surface area contributed by atoms with Crippen LogP contribution in [0.5, 0.6) is 0 Å². The van der Waals surface area contributed by atoms with Crippen LogP contribution in [0.4, 0.5) is 17.6 Å². The van der Waals surface area contributed by atoms with E-state index in [1.165, 1.54) is 0 Å². The Kier molecular flexibility index (Phi) is 2.96. The van der Waals surface area contributed by atoms with Gasteiger partial charge in [0.1, 0.15) is 17.7 Å². The number of hydrogen-bond donors (Lipinski definition) is 0. The van der Waals surface area contributed by atoms with Gasteiger partial charge in [-0.2, -0.15) is 10.5 Å². The lowest BCUT2D eigenvalue weighted by Crippen LogP contribution is -2.29. The minimum absolute atomic E-state index is 1.05. The van der Waals surface area contributed by atoms with Crippen molar-refractivity contribution in [1.82, 2.24) is 0 Å². The minimum atomic E-state index is -1.80. The fourth-order valence-corrected chi connectivity index (χ4v) is 1.03. The molecule has 6 heteroatoms. The van der Waals surface area contributed by atoms with Gasteiger partial charge in [-0.3, -0.25) is 0 Å². The Morgan fingerprint density at radius 1 is 0.875 bits per heavy atom. The van der Waals surface area contributed by atoms with Crippen LogP contribution in [0.25, 0.3) is 12.2 Å². The van der Waals surface area contributed by atoms with Crippen molar-refractivity contribution in [1.29, 1.82) is 10.5 Å². The molecule has 0 N–H and O–H groups in total. The van der Waals surface area contributed by atoms with Gasteiger partial charge in [-0.15, -0.1) is 0 Å². The molecule has 0 aliphatic rings. The fraction of sp³-hybridized carbons (Fsp3) is 0. The van der Waals surface area contributed by atoms with Crippen molar-refractivity contribution in [3.63, 3.8) is 0 Å². The monoisotopic (exact) mass is 226 g/mol. The Labute approximate surface area is 87.0 Å². The van der Waals surface area contributed by atoms with E-state index in [1.807, 2.05) is 0 Å². The molecule has 0 bridgehead atoms. The standard InChI is InChI=1S/C10H2F4N2/c1-4-7(11)9(13)6(5(2-15)3-16)10(14)8(4)12/h1H2. The van der Waals surface area contributed by atoms with Gasteiger partial charge in [0, 0.05) is 5.22 Å². The lowest BCUT2D eigenvalue weighted by atomic mass is 10.1. The summed E-state index contributed by atoms with van der Waals surface area (Å²) in [4.78, 5) is 0. The topological polar surface area (TPSA) is 47.6 Å². The van der Waals surface area contributed by atoms with Gasteiger partial charge in [0.15, 0.2) is 23.3 Å². The first-order valence-corrected chi connectivity index (χ1v) is 3.81. The van der Waals surface area contributed by atoms with Gasteiger partial charge in [-0.05, 0) is 0 Å². The van der Waals surface area contributed by atoms with Crippen LogP contribution < -0.4 is 10.4 Å². The summed E-state index contributed by atoms with van der Waals surface area (Å²) in [6.45, 7) is 2.79. The number of rotatable bonds is 0. The van der Waals surface area contributed by atoms with Gasteiger partial charge < -0.3 is 0 Å². The maximum atomic E-state index is 13.2. The summed E-state index contributed by atoms with van der Waals surface area (Å²) in [6.07, 6.45) is 0. The first kappa shape index (κ1) is 11.7. The molecule has 0 aliphatic carbocycles. The van der Waals surface area contributed by atoms with E-state index in [9.17, 15) is 17.6 Å². The lowest BCUT2D eigenvalue weighted by Gasteiger charge is -1.99. The second-order valence-electron chi connectivity index (χ2n) is 2.71. The molecule has 0 atom stereocenters. The van der Waals surface area contributed by atoms with E-state index < -0.39 is 39.3 Å². The summed E-state index contributed by atoms with van der Waals surface area (Å²) in [7, 11) is 0. The maximum absolute atomic E-state index is 13.2. The number of nitriles is 2. The van der Waals surface area contributed by atoms with E-state index in [0.717, 1.165) is 12.1 Å². The van der Waals surface area contributed by atoms with E-state index >= 15 is 0 Å². The zero-order valence-electron chi connectivity index (χ0n) is 7.61. The average molecular weight is 226 g/mol. The molecule has 80 valence electrons. The van der Waals surface area contributed by atoms with Crippen LogP contribution in [-0.4, -0.2) is 0 Å². The van der Waals surface area contributed by atoms with Gasteiger partial charge in [0.05, 0.1) is 5.22 Å². The van der Waals surface area contributed by atoms with Crippen LogP contribution >= 0.6 is 0 Å². The van der Waals surface area contributed by atoms with Gasteiger partial charge in [-0.1, -0.05) is 6.58 Å². The van der Waals surface area contributed by atoms with E-state index in [2.05, 4.69) is 6.58 Å².